The molecule has 0 spiro atoms. The molecule has 0 aliphatic carbocycles. The van der Waals surface area contributed by atoms with E-state index >= 15 is 0 Å². The third kappa shape index (κ3) is 2.67. The predicted octanol–water partition coefficient (Wildman–Crippen LogP) is 2.74. The van der Waals surface area contributed by atoms with E-state index in [1.165, 1.54) is 0 Å². The van der Waals surface area contributed by atoms with E-state index in [-0.39, 0.29) is 0 Å². The second-order valence-electron chi connectivity index (χ2n) is 6.26. The molecule has 0 saturated carbocycles. The highest BCUT2D eigenvalue weighted by Crippen LogP contribution is 2.24. The number of rotatable bonds is 3. The van der Waals surface area contributed by atoms with Gasteiger partial charge in [0, 0.05) is 38.6 Å². The maximum absolute atomic E-state index is 5.89. The van der Waals surface area contributed by atoms with Crippen LogP contribution in [0, 0.1) is 0 Å². The Hall–Kier alpha value is -3.35. The molecule has 3 aromatic heterocycles. The Morgan fingerprint density at radius 1 is 0.808 bits per heavy atom. The maximum Gasteiger partial charge on any atom is 0.298 e. The summed E-state index contributed by atoms with van der Waals surface area (Å²) in [7, 11) is 0. The Bertz CT molecular complexity index is 984. The third-order valence-electron chi connectivity index (χ3n) is 4.65. The van der Waals surface area contributed by atoms with Crippen molar-refractivity contribution in [3.63, 3.8) is 0 Å². The molecule has 130 valence electrons. The van der Waals surface area contributed by atoms with Crippen LogP contribution in [0.25, 0.3) is 16.9 Å². The molecule has 7 nitrogen and oxygen atoms in total. The molecule has 7 heteroatoms. The van der Waals surface area contributed by atoms with Crippen LogP contribution in [0.4, 0.5) is 11.8 Å². The first kappa shape index (κ1) is 14.9. The summed E-state index contributed by atoms with van der Waals surface area (Å²) in [5, 5.41) is 0. The van der Waals surface area contributed by atoms with Gasteiger partial charge in [0.15, 0.2) is 5.58 Å². The number of benzene rings is 1. The van der Waals surface area contributed by atoms with Crippen molar-refractivity contribution in [3.8, 4) is 5.82 Å². The van der Waals surface area contributed by atoms with E-state index in [4.69, 9.17) is 9.40 Å². The van der Waals surface area contributed by atoms with Gasteiger partial charge in [0.05, 0.1) is 0 Å². The topological polar surface area (TPSA) is 63.2 Å². The van der Waals surface area contributed by atoms with Crippen LogP contribution in [0.5, 0.6) is 0 Å². The molecular formula is C19H18N6O. The van der Waals surface area contributed by atoms with Crippen LogP contribution < -0.4 is 9.80 Å². The minimum absolute atomic E-state index is 0.700. The Labute approximate surface area is 150 Å². The van der Waals surface area contributed by atoms with Crippen LogP contribution in [0.1, 0.15) is 0 Å². The summed E-state index contributed by atoms with van der Waals surface area (Å²) in [5.74, 6) is 1.86. The zero-order valence-corrected chi connectivity index (χ0v) is 14.2. The fraction of sp³-hybridized carbons (Fsp3) is 0.211. The third-order valence-corrected chi connectivity index (χ3v) is 4.65. The zero-order chi connectivity index (χ0) is 17.3. The molecule has 0 bridgehead atoms. The molecule has 1 aliphatic heterocycles. The molecule has 0 N–H and O–H groups in total. The standard InChI is InChI=1S/C19H18N6O/c1-2-5-16-15(4-1)21-19(26-16)24-12-10-23(11-13-24)17-6-3-7-18(22-17)25-9-8-20-14-25/h1-9,14H,10-13H2. The Kier molecular flexibility index (Phi) is 3.55. The summed E-state index contributed by atoms with van der Waals surface area (Å²) in [5.41, 5.74) is 1.74. The highest BCUT2D eigenvalue weighted by atomic mass is 16.4. The van der Waals surface area contributed by atoms with Crippen LogP contribution in [0.2, 0.25) is 0 Å². The number of hydrogen-bond acceptors (Lipinski definition) is 6. The lowest BCUT2D eigenvalue weighted by atomic mass is 10.3. The fourth-order valence-electron chi connectivity index (χ4n) is 3.25. The van der Waals surface area contributed by atoms with Crippen LogP contribution in [0.3, 0.4) is 0 Å². The van der Waals surface area contributed by atoms with Crippen LogP contribution >= 0.6 is 0 Å². The number of anilines is 2. The number of hydrogen-bond donors (Lipinski definition) is 0. The molecule has 5 rings (SSSR count). The molecule has 26 heavy (non-hydrogen) atoms. The van der Waals surface area contributed by atoms with Crippen LogP contribution in [-0.2, 0) is 0 Å². The van der Waals surface area contributed by atoms with Gasteiger partial charge in [-0.2, -0.15) is 4.98 Å². The van der Waals surface area contributed by atoms with Crippen molar-refractivity contribution in [1.82, 2.24) is 19.5 Å². The molecule has 0 unspecified atom stereocenters. The SMILES string of the molecule is c1cc(N2CCN(c3nc4ccccc4o3)CC2)nc(-n2ccnc2)c1. The van der Waals surface area contributed by atoms with Gasteiger partial charge in [0.2, 0.25) is 0 Å². The molecule has 1 fully saturated rings. The second kappa shape index (κ2) is 6.18. The molecule has 1 saturated heterocycles. The normalized spacial score (nSPS) is 14.9. The number of nitrogens with zero attached hydrogens (tertiary/aromatic N) is 6. The van der Waals surface area contributed by atoms with Gasteiger partial charge in [-0.05, 0) is 24.3 Å². The fourth-order valence-corrected chi connectivity index (χ4v) is 3.25. The molecule has 4 heterocycles. The monoisotopic (exact) mass is 346 g/mol. The quantitative estimate of drug-likeness (QED) is 0.568. The van der Waals surface area contributed by atoms with Crippen LogP contribution in [-0.4, -0.2) is 45.7 Å². The lowest BCUT2D eigenvalue weighted by Gasteiger charge is -2.34. The van der Waals surface area contributed by atoms with E-state index in [2.05, 4.69) is 25.8 Å². The summed E-state index contributed by atoms with van der Waals surface area (Å²) in [6.07, 6.45) is 5.42. The Morgan fingerprint density at radius 2 is 1.62 bits per heavy atom. The molecular weight excluding hydrogens is 328 g/mol. The Morgan fingerprint density at radius 3 is 2.42 bits per heavy atom. The van der Waals surface area contributed by atoms with Crippen molar-refractivity contribution in [2.24, 2.45) is 0 Å². The van der Waals surface area contributed by atoms with Crippen molar-refractivity contribution in [2.45, 2.75) is 0 Å². The summed E-state index contributed by atoms with van der Waals surface area (Å²) in [6.45, 7) is 3.45. The van der Waals surface area contributed by atoms with E-state index in [1.54, 1.807) is 12.5 Å². The van der Waals surface area contributed by atoms with E-state index in [9.17, 15) is 0 Å². The largest absolute Gasteiger partial charge is 0.423 e. The Balaban J connectivity index is 1.32. The van der Waals surface area contributed by atoms with Gasteiger partial charge in [-0.1, -0.05) is 18.2 Å². The first-order chi connectivity index (χ1) is 12.9. The minimum atomic E-state index is 0.700. The van der Waals surface area contributed by atoms with Gasteiger partial charge in [-0.3, -0.25) is 4.57 Å². The van der Waals surface area contributed by atoms with Gasteiger partial charge in [-0.15, -0.1) is 0 Å². The zero-order valence-electron chi connectivity index (χ0n) is 14.2. The first-order valence-corrected chi connectivity index (χ1v) is 8.68. The molecule has 4 aromatic rings. The molecule has 1 aliphatic rings. The summed E-state index contributed by atoms with van der Waals surface area (Å²) < 4.78 is 7.80. The molecule has 0 radical (unpaired) electrons. The number of aromatic nitrogens is 4. The second-order valence-corrected chi connectivity index (χ2v) is 6.26. The number of piperazine rings is 1. The van der Waals surface area contributed by atoms with Gasteiger partial charge in [-0.25, -0.2) is 9.97 Å². The average Bonchev–Trinajstić information content (AvgIpc) is 3.38. The van der Waals surface area contributed by atoms with Crippen molar-refractivity contribution in [3.05, 3.63) is 61.2 Å². The summed E-state index contributed by atoms with van der Waals surface area (Å²) >= 11 is 0. The maximum atomic E-state index is 5.89. The number of pyridine rings is 1. The smallest absolute Gasteiger partial charge is 0.298 e. The molecule has 1 aromatic carbocycles. The minimum Gasteiger partial charge on any atom is -0.423 e. The highest BCUT2D eigenvalue weighted by molar-refractivity contribution is 5.74. The van der Waals surface area contributed by atoms with E-state index in [0.29, 0.717) is 6.01 Å². The molecule has 0 atom stereocenters. The van der Waals surface area contributed by atoms with Crippen molar-refractivity contribution in [2.75, 3.05) is 36.0 Å². The first-order valence-electron chi connectivity index (χ1n) is 8.68. The van der Waals surface area contributed by atoms with Crippen molar-refractivity contribution in [1.29, 1.82) is 0 Å². The highest BCUT2D eigenvalue weighted by Gasteiger charge is 2.22. The predicted molar refractivity (Wildman–Crippen MR) is 99.8 cm³/mol. The summed E-state index contributed by atoms with van der Waals surface area (Å²) in [4.78, 5) is 17.9. The van der Waals surface area contributed by atoms with Crippen molar-refractivity contribution >= 4 is 22.9 Å². The number of para-hydroxylation sites is 2. The van der Waals surface area contributed by atoms with E-state index in [1.807, 2.05) is 47.2 Å². The molecule has 0 amide bonds. The number of imidazole rings is 1. The number of fused-ring (bicyclic) bond motifs is 1. The average molecular weight is 346 g/mol. The number of oxazole rings is 1. The lowest BCUT2D eigenvalue weighted by molar-refractivity contribution is 0.540. The summed E-state index contributed by atoms with van der Waals surface area (Å²) in [6, 6.07) is 14.6. The van der Waals surface area contributed by atoms with E-state index < -0.39 is 0 Å². The van der Waals surface area contributed by atoms with Crippen molar-refractivity contribution < 1.29 is 4.42 Å². The van der Waals surface area contributed by atoms with E-state index in [0.717, 1.165) is 48.9 Å². The van der Waals surface area contributed by atoms with Gasteiger partial charge < -0.3 is 14.2 Å². The van der Waals surface area contributed by atoms with Gasteiger partial charge >= 0.3 is 0 Å². The van der Waals surface area contributed by atoms with Crippen LogP contribution in [0.15, 0.2) is 65.6 Å². The van der Waals surface area contributed by atoms with Gasteiger partial charge in [0.25, 0.3) is 6.01 Å². The van der Waals surface area contributed by atoms with Gasteiger partial charge in [0.1, 0.15) is 23.5 Å². The lowest BCUT2D eigenvalue weighted by Crippen LogP contribution is -2.47.